The van der Waals surface area contributed by atoms with Gasteiger partial charge in [0.05, 0.1) is 12.7 Å². The molecule has 1 aliphatic rings. The van der Waals surface area contributed by atoms with Gasteiger partial charge in [0.1, 0.15) is 5.75 Å². The van der Waals surface area contributed by atoms with Crippen molar-refractivity contribution >= 4 is 12.4 Å². The molecule has 1 N–H and O–H groups in total. The van der Waals surface area contributed by atoms with Gasteiger partial charge in [0.2, 0.25) is 0 Å². The van der Waals surface area contributed by atoms with Crippen LogP contribution in [0.4, 0.5) is 0 Å². The molecule has 1 aromatic carbocycles. The highest BCUT2D eigenvalue weighted by atomic mass is 35.5. The average molecular weight is 271 g/mol. The van der Waals surface area contributed by atoms with Crippen molar-refractivity contribution in [3.05, 3.63) is 29.8 Å². The second-order valence-corrected chi connectivity index (χ2v) is 5.68. The average Bonchev–Trinajstić information content (AvgIpc) is 2.33. The zero-order valence-corrected chi connectivity index (χ0v) is 12.2. The highest BCUT2D eigenvalue weighted by Crippen LogP contribution is 2.50. The van der Waals surface area contributed by atoms with Gasteiger partial charge in [-0.25, -0.2) is 0 Å². The van der Waals surface area contributed by atoms with E-state index < -0.39 is 5.60 Å². The first kappa shape index (κ1) is 15.3. The molecule has 0 aliphatic heterocycles. The van der Waals surface area contributed by atoms with Crippen LogP contribution in [0.15, 0.2) is 24.3 Å². The van der Waals surface area contributed by atoms with Crippen molar-refractivity contribution in [3.63, 3.8) is 0 Å². The predicted molar refractivity (Wildman–Crippen MR) is 76.4 cm³/mol. The van der Waals surface area contributed by atoms with E-state index in [1.807, 2.05) is 24.3 Å². The van der Waals surface area contributed by atoms with Gasteiger partial charge in [-0.2, -0.15) is 0 Å². The Hall–Kier alpha value is -0.730. The summed E-state index contributed by atoms with van der Waals surface area (Å²) in [6.45, 7) is 4.32. The third-order valence-electron chi connectivity index (χ3n) is 4.26. The highest BCUT2D eigenvalue weighted by molar-refractivity contribution is 5.85. The number of benzene rings is 1. The van der Waals surface area contributed by atoms with Gasteiger partial charge in [0, 0.05) is 0 Å². The van der Waals surface area contributed by atoms with Crippen LogP contribution >= 0.6 is 12.4 Å². The molecule has 0 spiro atoms. The molecule has 1 unspecified atom stereocenters. The summed E-state index contributed by atoms with van der Waals surface area (Å²) in [5.41, 5.74) is 0.193. The van der Waals surface area contributed by atoms with Gasteiger partial charge in [-0.3, -0.25) is 0 Å². The summed E-state index contributed by atoms with van der Waals surface area (Å²) < 4.78 is 5.25. The van der Waals surface area contributed by atoms with E-state index in [0.717, 1.165) is 30.6 Å². The number of ether oxygens (including phenoxy) is 1. The van der Waals surface area contributed by atoms with E-state index in [1.165, 1.54) is 6.42 Å². The lowest BCUT2D eigenvalue weighted by atomic mass is 9.62. The van der Waals surface area contributed by atoms with Crippen molar-refractivity contribution in [3.8, 4) is 5.75 Å². The molecule has 0 radical (unpaired) electrons. The summed E-state index contributed by atoms with van der Waals surface area (Å²) in [4.78, 5) is 0. The smallest absolute Gasteiger partial charge is 0.119 e. The predicted octanol–water partition coefficient (Wildman–Crippen LogP) is 3.90. The molecular weight excluding hydrogens is 248 g/mol. The molecule has 102 valence electrons. The maximum Gasteiger partial charge on any atom is 0.119 e. The zero-order chi connectivity index (χ0) is 12.5. The summed E-state index contributed by atoms with van der Waals surface area (Å²) in [5, 5.41) is 11.0. The van der Waals surface area contributed by atoms with Gasteiger partial charge >= 0.3 is 0 Å². The third kappa shape index (κ3) is 2.50. The minimum Gasteiger partial charge on any atom is -0.497 e. The number of halogens is 1. The molecule has 1 atom stereocenters. The second-order valence-electron chi connectivity index (χ2n) is 5.68. The van der Waals surface area contributed by atoms with E-state index >= 15 is 0 Å². The first-order chi connectivity index (χ1) is 7.99. The Kier molecular flexibility index (Phi) is 4.68. The Morgan fingerprint density at radius 1 is 1.17 bits per heavy atom. The van der Waals surface area contributed by atoms with Gasteiger partial charge in [-0.1, -0.05) is 38.8 Å². The van der Waals surface area contributed by atoms with Crippen molar-refractivity contribution in [2.45, 2.75) is 45.1 Å². The van der Waals surface area contributed by atoms with Crippen LogP contribution in [0, 0.1) is 5.41 Å². The summed E-state index contributed by atoms with van der Waals surface area (Å²) in [7, 11) is 1.66. The highest BCUT2D eigenvalue weighted by Gasteiger charge is 2.46. The monoisotopic (exact) mass is 270 g/mol. The van der Waals surface area contributed by atoms with E-state index in [-0.39, 0.29) is 17.8 Å². The van der Waals surface area contributed by atoms with E-state index in [9.17, 15) is 5.11 Å². The molecule has 1 aromatic rings. The van der Waals surface area contributed by atoms with Crippen LogP contribution in [-0.4, -0.2) is 12.2 Å². The molecule has 1 aliphatic carbocycles. The van der Waals surface area contributed by atoms with Crippen molar-refractivity contribution < 1.29 is 9.84 Å². The quantitative estimate of drug-likeness (QED) is 0.883. The lowest BCUT2D eigenvalue weighted by Crippen LogP contribution is -2.44. The molecule has 0 saturated heterocycles. The van der Waals surface area contributed by atoms with Crippen molar-refractivity contribution in [2.75, 3.05) is 7.11 Å². The zero-order valence-electron chi connectivity index (χ0n) is 11.4. The first-order valence-electron chi connectivity index (χ1n) is 6.36. The van der Waals surface area contributed by atoms with E-state index in [2.05, 4.69) is 13.8 Å². The molecule has 0 amide bonds. The molecule has 2 nitrogen and oxygen atoms in total. The Labute approximate surface area is 116 Å². The van der Waals surface area contributed by atoms with Crippen molar-refractivity contribution in [1.29, 1.82) is 0 Å². The second kappa shape index (κ2) is 5.50. The van der Waals surface area contributed by atoms with Gasteiger partial charge < -0.3 is 9.84 Å². The molecule has 3 heteroatoms. The minimum atomic E-state index is -0.722. The van der Waals surface area contributed by atoms with Gasteiger partial charge in [0.25, 0.3) is 0 Å². The molecule has 18 heavy (non-hydrogen) atoms. The molecule has 0 bridgehead atoms. The fraction of sp³-hybridized carbons (Fsp3) is 0.600. The van der Waals surface area contributed by atoms with Gasteiger partial charge in [-0.15, -0.1) is 12.4 Å². The molecule has 2 rings (SSSR count). The summed E-state index contributed by atoms with van der Waals surface area (Å²) in [6, 6.07) is 7.85. The SMILES string of the molecule is COc1cccc(C2(O)CCCCC2(C)C)c1.Cl. The maximum atomic E-state index is 11.0. The van der Waals surface area contributed by atoms with Crippen LogP contribution < -0.4 is 4.74 Å². The van der Waals surface area contributed by atoms with E-state index in [0.29, 0.717) is 0 Å². The minimum absolute atomic E-state index is 0. The van der Waals surface area contributed by atoms with E-state index in [1.54, 1.807) is 7.11 Å². The molecule has 1 fully saturated rings. The number of hydrogen-bond acceptors (Lipinski definition) is 2. The Bertz CT molecular complexity index is 403. The van der Waals surface area contributed by atoms with Crippen LogP contribution in [-0.2, 0) is 5.60 Å². The summed E-state index contributed by atoms with van der Waals surface area (Å²) in [5.74, 6) is 0.817. The summed E-state index contributed by atoms with van der Waals surface area (Å²) in [6.07, 6.45) is 4.21. The first-order valence-corrected chi connectivity index (χ1v) is 6.36. The van der Waals surface area contributed by atoms with Crippen LogP contribution in [0.1, 0.15) is 45.1 Å². The number of hydrogen-bond donors (Lipinski definition) is 1. The lowest BCUT2D eigenvalue weighted by molar-refractivity contribution is -0.104. The van der Waals surface area contributed by atoms with E-state index in [4.69, 9.17) is 4.74 Å². The van der Waals surface area contributed by atoms with Crippen molar-refractivity contribution in [2.24, 2.45) is 5.41 Å². The van der Waals surface area contributed by atoms with Crippen LogP contribution in [0.2, 0.25) is 0 Å². The Morgan fingerprint density at radius 3 is 2.44 bits per heavy atom. The largest absolute Gasteiger partial charge is 0.497 e. The fourth-order valence-corrected chi connectivity index (χ4v) is 2.91. The molecule has 0 heterocycles. The van der Waals surface area contributed by atoms with Gasteiger partial charge in [0.15, 0.2) is 0 Å². The lowest BCUT2D eigenvalue weighted by Gasteiger charge is -2.47. The van der Waals surface area contributed by atoms with Crippen LogP contribution in [0.3, 0.4) is 0 Å². The number of aliphatic hydroxyl groups is 1. The Morgan fingerprint density at radius 2 is 1.83 bits per heavy atom. The third-order valence-corrected chi connectivity index (χ3v) is 4.26. The van der Waals surface area contributed by atoms with Crippen molar-refractivity contribution in [1.82, 2.24) is 0 Å². The standard InChI is InChI=1S/C15H22O2.ClH/c1-14(2)9-4-5-10-15(14,16)12-7-6-8-13(11-12)17-3;/h6-8,11,16H,4-5,9-10H2,1-3H3;1H. The Balaban J connectivity index is 0.00000162. The normalized spacial score (nSPS) is 26.2. The topological polar surface area (TPSA) is 29.5 Å². The summed E-state index contributed by atoms with van der Waals surface area (Å²) >= 11 is 0. The fourth-order valence-electron chi connectivity index (χ4n) is 2.91. The molecule has 1 saturated carbocycles. The van der Waals surface area contributed by atoms with Crippen LogP contribution in [0.5, 0.6) is 5.75 Å². The van der Waals surface area contributed by atoms with Gasteiger partial charge in [-0.05, 0) is 36.0 Å². The molecule has 0 aromatic heterocycles. The number of methoxy groups -OCH3 is 1. The number of rotatable bonds is 2. The molecular formula is C15H23ClO2. The maximum absolute atomic E-state index is 11.0. The van der Waals surface area contributed by atoms with Crippen LogP contribution in [0.25, 0.3) is 0 Å².